The molecule has 0 aliphatic rings. The molecule has 0 amide bonds. The van der Waals surface area contributed by atoms with Gasteiger partial charge in [-0.25, -0.2) is 0 Å². The number of benzene rings is 2. The van der Waals surface area contributed by atoms with Crippen LogP contribution in [0, 0.1) is 6.92 Å². The summed E-state index contributed by atoms with van der Waals surface area (Å²) in [4.78, 5) is 8.67. The molecule has 0 aliphatic heterocycles. The van der Waals surface area contributed by atoms with Crippen molar-refractivity contribution in [2.75, 3.05) is 0 Å². The maximum Gasteiger partial charge on any atom is 4.00 e. The molecule has 0 unspecified atom stereocenters. The molecule has 0 spiro atoms. The summed E-state index contributed by atoms with van der Waals surface area (Å²) in [5.41, 5.74) is 4.87. The number of pyridine rings is 1. The van der Waals surface area contributed by atoms with Crippen LogP contribution in [0.2, 0.25) is 0 Å². The van der Waals surface area contributed by atoms with Crippen LogP contribution in [-0.2, 0) is 19.8 Å². The summed E-state index contributed by atoms with van der Waals surface area (Å²) in [6, 6.07) is 24.9. The molecule has 0 fully saturated rings. The van der Waals surface area contributed by atoms with Crippen molar-refractivity contribution in [2.45, 2.75) is 39.7 Å². The summed E-state index contributed by atoms with van der Waals surface area (Å²) in [5, 5.41) is 0. The van der Waals surface area contributed by atoms with Gasteiger partial charge in [0.05, 0.1) is 11.7 Å². The number of hydrogen-bond donors (Lipinski definition) is 0. The van der Waals surface area contributed by atoms with E-state index in [0.717, 1.165) is 5.69 Å². The van der Waals surface area contributed by atoms with Gasteiger partial charge in [-0.05, 0) is 43.0 Å². The molecule has 35 heavy (non-hydrogen) atoms. The van der Waals surface area contributed by atoms with Gasteiger partial charge in [0.2, 0.25) is 0 Å². The van der Waals surface area contributed by atoms with E-state index in [2.05, 4.69) is 74.1 Å². The second-order valence-corrected chi connectivity index (χ2v) is 9.56. The first kappa shape index (κ1) is 35.8. The molecule has 0 radical (unpaired) electrons. The van der Waals surface area contributed by atoms with Gasteiger partial charge in [-0.3, -0.25) is 9.98 Å². The Morgan fingerprint density at radius 2 is 1.23 bits per heavy atom. The Morgan fingerprint density at radius 3 is 1.66 bits per heavy atom. The van der Waals surface area contributed by atoms with Crippen LogP contribution in [0.1, 0.15) is 55.1 Å². The fraction of sp³-hybridized carbons (Fsp3) is 0.250. The van der Waals surface area contributed by atoms with Gasteiger partial charge in [-0.2, -0.15) is 0 Å². The third-order valence-corrected chi connectivity index (χ3v) is 4.14. The van der Waals surface area contributed by atoms with E-state index >= 15 is 0 Å². The molecule has 194 valence electrons. The smallest absolute Gasteiger partial charge is 1.00 e. The van der Waals surface area contributed by atoms with Crippen molar-refractivity contribution in [1.29, 1.82) is 0 Å². The van der Waals surface area contributed by atoms with Crippen molar-refractivity contribution in [3.05, 3.63) is 101 Å². The van der Waals surface area contributed by atoms with Crippen LogP contribution in [0.25, 0.3) is 0 Å². The first-order valence-corrected chi connectivity index (χ1v) is 12.2. The molecule has 1 heterocycles. The molecule has 0 bridgehead atoms. The SMILES string of the molecule is C[C@@H](N=Cc1ccccn1)c1ccccc1.Cc1ccc(C(C)C)cc1.F[P-](F)(F)(F)(F)F.[I-].[Os+4]. The van der Waals surface area contributed by atoms with Gasteiger partial charge in [0, 0.05) is 12.4 Å². The molecule has 0 saturated carbocycles. The first-order chi connectivity index (χ1) is 15.0. The number of rotatable bonds is 4. The van der Waals surface area contributed by atoms with Crippen molar-refractivity contribution in [3.63, 3.8) is 0 Å². The molecule has 2 aromatic carbocycles. The predicted octanol–water partition coefficient (Wildman–Crippen LogP) is 6.76. The van der Waals surface area contributed by atoms with Crippen molar-refractivity contribution in [2.24, 2.45) is 4.99 Å². The minimum absolute atomic E-state index is 0. The molecule has 11 heteroatoms. The largest absolute Gasteiger partial charge is 4.00 e. The fourth-order valence-corrected chi connectivity index (χ4v) is 2.41. The predicted molar refractivity (Wildman–Crippen MR) is 126 cm³/mol. The van der Waals surface area contributed by atoms with Crippen molar-refractivity contribution < 1.29 is 68.9 Å². The van der Waals surface area contributed by atoms with Crippen molar-refractivity contribution in [3.8, 4) is 0 Å². The Hall–Kier alpha value is -1.36. The molecule has 3 rings (SSSR count). The van der Waals surface area contributed by atoms with Crippen LogP contribution < -0.4 is 24.0 Å². The molecule has 0 aliphatic carbocycles. The van der Waals surface area contributed by atoms with Gasteiger partial charge in [0.25, 0.3) is 0 Å². The zero-order chi connectivity index (χ0) is 25.2. The normalized spacial score (nSPS) is 13.5. The van der Waals surface area contributed by atoms with Gasteiger partial charge in [-0.15, -0.1) is 0 Å². The first-order valence-electron chi connectivity index (χ1n) is 10.1. The average Bonchev–Trinajstić information content (AvgIpc) is 2.72. The van der Waals surface area contributed by atoms with E-state index < -0.39 is 7.81 Å². The van der Waals surface area contributed by atoms with Crippen LogP contribution in [0.4, 0.5) is 25.2 Å². The third kappa shape index (κ3) is 21.6. The number of aromatic nitrogens is 1. The Balaban J connectivity index is 0. The minimum atomic E-state index is -10.7. The van der Waals surface area contributed by atoms with Gasteiger partial charge in [0.1, 0.15) is 0 Å². The van der Waals surface area contributed by atoms with E-state index in [0.29, 0.717) is 5.92 Å². The molecule has 3 aromatic rings. The number of aryl methyl sites for hydroxylation is 1. The Kier molecular flexibility index (Phi) is 14.7. The van der Waals surface area contributed by atoms with Crippen LogP contribution in [0.15, 0.2) is 84.0 Å². The van der Waals surface area contributed by atoms with Gasteiger partial charge in [0.15, 0.2) is 0 Å². The summed E-state index contributed by atoms with van der Waals surface area (Å²) in [6.45, 7) is 8.62. The Bertz CT molecular complexity index is 990. The maximum absolute atomic E-state index is 10.7. The van der Waals surface area contributed by atoms with E-state index in [1.165, 1.54) is 16.7 Å². The molecule has 2 nitrogen and oxygen atoms in total. The molecule has 0 N–H and O–H groups in total. The molecule has 1 aromatic heterocycles. The Labute approximate surface area is 233 Å². The number of hydrogen-bond acceptors (Lipinski definition) is 2. The molecule has 1 atom stereocenters. The summed E-state index contributed by atoms with van der Waals surface area (Å²) in [6.07, 6.45) is 3.59. The fourth-order valence-electron chi connectivity index (χ4n) is 2.41. The molecular formula is C24H28F6IN2OsP+2. The van der Waals surface area contributed by atoms with Gasteiger partial charge in [-0.1, -0.05) is 80.1 Å². The van der Waals surface area contributed by atoms with Crippen LogP contribution in [-0.4, -0.2) is 11.2 Å². The summed E-state index contributed by atoms with van der Waals surface area (Å²) < 4.78 is 59.2. The minimum Gasteiger partial charge on any atom is -1.00 e. The Morgan fingerprint density at radius 1 is 0.743 bits per heavy atom. The van der Waals surface area contributed by atoms with E-state index in [-0.39, 0.29) is 49.8 Å². The van der Waals surface area contributed by atoms with Crippen LogP contribution in [0.3, 0.4) is 0 Å². The van der Waals surface area contributed by atoms with Crippen LogP contribution >= 0.6 is 7.81 Å². The molecular weight excluding hydrogens is 778 g/mol. The quantitative estimate of drug-likeness (QED) is 0.124. The zero-order valence-corrected chi connectivity index (χ0v) is 25.2. The molecule has 0 saturated heterocycles. The van der Waals surface area contributed by atoms with E-state index in [4.69, 9.17) is 0 Å². The second kappa shape index (κ2) is 14.4. The van der Waals surface area contributed by atoms with Gasteiger partial charge >= 0.3 is 52.8 Å². The summed E-state index contributed by atoms with van der Waals surface area (Å²) in [7, 11) is -10.7. The zero-order valence-electron chi connectivity index (χ0n) is 19.6. The topological polar surface area (TPSA) is 25.2 Å². The van der Waals surface area contributed by atoms with Crippen LogP contribution in [0.5, 0.6) is 0 Å². The standard InChI is InChI=1S/C14H14N2.C10H14.F6P.HI.Os/c1-12(13-7-3-2-4-8-13)16-11-14-9-5-6-10-15-14;1-8(2)10-6-4-9(3)5-7-10;1-7(2,3,4,5)6;;/h2-12H,1H3;4-8H,1-3H3;;1H;/q;;-1;;+4/p-1/t12-;;;;/m1..../s1. The number of halogens is 7. The van der Waals surface area contributed by atoms with E-state index in [1.54, 1.807) is 6.20 Å². The second-order valence-electron chi connectivity index (χ2n) is 7.64. The average molecular weight is 807 g/mol. The van der Waals surface area contributed by atoms with Gasteiger partial charge < -0.3 is 24.0 Å². The number of nitrogens with zero attached hydrogens (tertiary/aromatic N) is 2. The van der Waals surface area contributed by atoms with E-state index in [1.807, 2.05) is 42.6 Å². The third-order valence-electron chi connectivity index (χ3n) is 4.14. The summed E-state index contributed by atoms with van der Waals surface area (Å²) in [5.74, 6) is 0.653. The number of aliphatic imine (C=N–C) groups is 1. The van der Waals surface area contributed by atoms with Crippen molar-refractivity contribution >= 4 is 14.0 Å². The monoisotopic (exact) mass is 808 g/mol. The summed E-state index contributed by atoms with van der Waals surface area (Å²) >= 11 is 0. The van der Waals surface area contributed by atoms with E-state index in [9.17, 15) is 25.2 Å². The van der Waals surface area contributed by atoms with Crippen molar-refractivity contribution in [1.82, 2.24) is 4.98 Å². The maximum atomic E-state index is 9.87.